The highest BCUT2D eigenvalue weighted by atomic mass is 32.2. The summed E-state index contributed by atoms with van der Waals surface area (Å²) in [6, 6.07) is 12.4. The Morgan fingerprint density at radius 1 is 1.00 bits per heavy atom. The highest BCUT2D eigenvalue weighted by Crippen LogP contribution is 2.23. The van der Waals surface area contributed by atoms with Gasteiger partial charge in [-0.25, -0.2) is 13.2 Å². The fraction of sp³-hybridized carbons (Fsp3) is 0.176. The van der Waals surface area contributed by atoms with Gasteiger partial charge in [0.05, 0.1) is 17.5 Å². The lowest BCUT2D eigenvalue weighted by molar-refractivity contribution is 0.0735. The minimum absolute atomic E-state index is 0.0898. The number of para-hydroxylation sites is 1. The molecule has 24 heavy (non-hydrogen) atoms. The van der Waals surface area contributed by atoms with E-state index in [0.717, 1.165) is 10.6 Å². The maximum atomic E-state index is 12.4. The van der Waals surface area contributed by atoms with Crippen LogP contribution in [0.1, 0.15) is 27.6 Å². The molecule has 0 aliphatic heterocycles. The second-order valence-electron chi connectivity index (χ2n) is 5.22. The SMILES string of the molecule is CC(=O)c1ccc(OC(=O)c2ccccc2N(C)S(C)(=O)=O)cc1. The third kappa shape index (κ3) is 3.99. The average Bonchev–Trinajstić information content (AvgIpc) is 2.53. The van der Waals surface area contributed by atoms with Crippen LogP contribution in [0.15, 0.2) is 48.5 Å². The van der Waals surface area contributed by atoms with Crippen molar-refractivity contribution in [3.05, 3.63) is 59.7 Å². The van der Waals surface area contributed by atoms with Crippen LogP contribution in [0.4, 0.5) is 5.69 Å². The quantitative estimate of drug-likeness (QED) is 0.472. The molecule has 0 atom stereocenters. The van der Waals surface area contributed by atoms with Crippen LogP contribution in [0, 0.1) is 0 Å². The van der Waals surface area contributed by atoms with Crippen LogP contribution in [-0.4, -0.2) is 33.5 Å². The summed E-state index contributed by atoms with van der Waals surface area (Å²) < 4.78 is 29.7. The van der Waals surface area contributed by atoms with Crippen LogP contribution < -0.4 is 9.04 Å². The van der Waals surface area contributed by atoms with Gasteiger partial charge in [0.15, 0.2) is 5.78 Å². The summed E-state index contributed by atoms with van der Waals surface area (Å²) in [5, 5.41) is 0. The molecule has 0 saturated heterocycles. The molecule has 0 unspecified atom stereocenters. The number of Topliss-reactive ketones (excluding diaryl/α,β-unsaturated/α-hetero) is 1. The molecule has 2 aromatic rings. The topological polar surface area (TPSA) is 80.8 Å². The molecule has 126 valence electrons. The van der Waals surface area contributed by atoms with Gasteiger partial charge in [-0.05, 0) is 43.3 Å². The summed E-state index contributed by atoms with van der Waals surface area (Å²) in [5.74, 6) is -0.508. The van der Waals surface area contributed by atoms with Gasteiger partial charge in [0.1, 0.15) is 5.75 Å². The second-order valence-corrected chi connectivity index (χ2v) is 7.23. The number of nitrogens with zero attached hydrogens (tertiary/aromatic N) is 1. The Kier molecular flexibility index (Phi) is 5.04. The highest BCUT2D eigenvalue weighted by molar-refractivity contribution is 7.92. The minimum atomic E-state index is -3.51. The molecule has 0 bridgehead atoms. The molecular formula is C17H17NO5S. The fourth-order valence-corrected chi connectivity index (χ4v) is 2.54. The first-order chi connectivity index (χ1) is 11.2. The number of hydrogen-bond donors (Lipinski definition) is 0. The van der Waals surface area contributed by atoms with E-state index in [9.17, 15) is 18.0 Å². The average molecular weight is 347 g/mol. The smallest absolute Gasteiger partial charge is 0.345 e. The summed E-state index contributed by atoms with van der Waals surface area (Å²) in [6.45, 7) is 1.44. The number of ether oxygens (including phenoxy) is 1. The van der Waals surface area contributed by atoms with E-state index in [1.807, 2.05) is 0 Å². The molecule has 6 nitrogen and oxygen atoms in total. The van der Waals surface area contributed by atoms with E-state index >= 15 is 0 Å². The van der Waals surface area contributed by atoms with Crippen molar-refractivity contribution in [1.82, 2.24) is 0 Å². The molecule has 0 fully saturated rings. The molecule has 0 heterocycles. The van der Waals surface area contributed by atoms with E-state index in [2.05, 4.69) is 0 Å². The van der Waals surface area contributed by atoms with Crippen molar-refractivity contribution < 1.29 is 22.7 Å². The lowest BCUT2D eigenvalue weighted by Gasteiger charge is -2.19. The van der Waals surface area contributed by atoms with Crippen molar-refractivity contribution >= 4 is 27.5 Å². The Labute approximate surface area is 140 Å². The van der Waals surface area contributed by atoms with Crippen molar-refractivity contribution in [3.8, 4) is 5.75 Å². The number of carbonyl (C=O) groups is 2. The molecule has 7 heteroatoms. The van der Waals surface area contributed by atoms with Crippen LogP contribution >= 0.6 is 0 Å². The Balaban J connectivity index is 2.29. The number of hydrogen-bond acceptors (Lipinski definition) is 5. The first-order valence-corrected chi connectivity index (χ1v) is 8.91. The van der Waals surface area contributed by atoms with Crippen molar-refractivity contribution in [2.24, 2.45) is 0 Å². The summed E-state index contributed by atoms with van der Waals surface area (Å²) >= 11 is 0. The van der Waals surface area contributed by atoms with Crippen LogP contribution in [-0.2, 0) is 10.0 Å². The molecule has 2 aromatic carbocycles. The van der Waals surface area contributed by atoms with E-state index in [0.29, 0.717) is 5.56 Å². The predicted octanol–water partition coefficient (Wildman–Crippen LogP) is 2.50. The maximum Gasteiger partial charge on any atom is 0.345 e. The minimum Gasteiger partial charge on any atom is -0.423 e. The molecule has 0 aliphatic carbocycles. The standard InChI is InChI=1S/C17H17NO5S/c1-12(19)13-8-10-14(11-9-13)23-17(20)15-6-4-5-7-16(15)18(2)24(3,21)22/h4-11H,1-3H3. The molecule has 0 spiro atoms. The number of esters is 1. The zero-order valence-corrected chi connectivity index (χ0v) is 14.3. The third-order valence-corrected chi connectivity index (χ3v) is 4.62. The molecule has 0 amide bonds. The van der Waals surface area contributed by atoms with E-state index in [4.69, 9.17) is 4.74 Å². The van der Waals surface area contributed by atoms with Gasteiger partial charge in [0.2, 0.25) is 10.0 Å². The number of sulfonamides is 1. The number of carbonyl (C=O) groups excluding carboxylic acids is 2. The van der Waals surface area contributed by atoms with Crippen molar-refractivity contribution in [3.63, 3.8) is 0 Å². The molecule has 0 N–H and O–H groups in total. The molecule has 0 radical (unpaired) electrons. The zero-order valence-electron chi connectivity index (χ0n) is 13.5. The van der Waals surface area contributed by atoms with Crippen molar-refractivity contribution in [2.45, 2.75) is 6.92 Å². The van der Waals surface area contributed by atoms with Crippen LogP contribution in [0.25, 0.3) is 0 Å². The van der Waals surface area contributed by atoms with E-state index in [-0.39, 0.29) is 22.8 Å². The number of ketones is 1. The molecule has 0 saturated carbocycles. The summed E-state index contributed by atoms with van der Waals surface area (Å²) in [4.78, 5) is 23.6. The van der Waals surface area contributed by atoms with E-state index < -0.39 is 16.0 Å². The van der Waals surface area contributed by atoms with Gasteiger partial charge in [0.25, 0.3) is 0 Å². The number of anilines is 1. The maximum absolute atomic E-state index is 12.4. The van der Waals surface area contributed by atoms with Crippen molar-refractivity contribution in [1.29, 1.82) is 0 Å². The Morgan fingerprint density at radius 3 is 2.12 bits per heavy atom. The van der Waals surface area contributed by atoms with Gasteiger partial charge in [-0.2, -0.15) is 0 Å². The lowest BCUT2D eigenvalue weighted by Crippen LogP contribution is -2.27. The van der Waals surface area contributed by atoms with Gasteiger partial charge in [-0.15, -0.1) is 0 Å². The Hall–Kier alpha value is -2.67. The first kappa shape index (κ1) is 17.7. The largest absolute Gasteiger partial charge is 0.423 e. The van der Waals surface area contributed by atoms with Crippen LogP contribution in [0.3, 0.4) is 0 Å². The van der Waals surface area contributed by atoms with E-state index in [1.54, 1.807) is 24.3 Å². The fourth-order valence-electron chi connectivity index (χ4n) is 2.02. The van der Waals surface area contributed by atoms with Gasteiger partial charge in [-0.3, -0.25) is 9.10 Å². The second kappa shape index (κ2) is 6.84. The summed E-state index contributed by atoms with van der Waals surface area (Å²) in [5.41, 5.74) is 0.860. The van der Waals surface area contributed by atoms with Gasteiger partial charge >= 0.3 is 5.97 Å². The lowest BCUT2D eigenvalue weighted by atomic mass is 10.1. The van der Waals surface area contributed by atoms with Crippen LogP contribution in [0.5, 0.6) is 5.75 Å². The first-order valence-electron chi connectivity index (χ1n) is 7.06. The molecule has 0 aromatic heterocycles. The highest BCUT2D eigenvalue weighted by Gasteiger charge is 2.20. The number of benzene rings is 2. The summed E-state index contributed by atoms with van der Waals surface area (Å²) in [7, 11) is -2.15. The predicted molar refractivity (Wildman–Crippen MR) is 91.1 cm³/mol. The van der Waals surface area contributed by atoms with Gasteiger partial charge in [-0.1, -0.05) is 12.1 Å². The van der Waals surface area contributed by atoms with Crippen molar-refractivity contribution in [2.75, 3.05) is 17.6 Å². The van der Waals surface area contributed by atoms with Gasteiger partial charge < -0.3 is 4.74 Å². The number of rotatable bonds is 5. The van der Waals surface area contributed by atoms with E-state index in [1.165, 1.54) is 38.2 Å². The summed E-state index contributed by atoms with van der Waals surface area (Å²) in [6.07, 6.45) is 1.05. The molecule has 0 aliphatic rings. The normalized spacial score (nSPS) is 11.0. The molecular weight excluding hydrogens is 330 g/mol. The van der Waals surface area contributed by atoms with Crippen LogP contribution in [0.2, 0.25) is 0 Å². The molecule has 2 rings (SSSR count). The Bertz CT molecular complexity index is 872. The van der Waals surface area contributed by atoms with Gasteiger partial charge in [0, 0.05) is 12.6 Å². The zero-order chi connectivity index (χ0) is 17.9. The third-order valence-electron chi connectivity index (χ3n) is 3.43. The Morgan fingerprint density at radius 2 is 1.58 bits per heavy atom. The monoisotopic (exact) mass is 347 g/mol.